The highest BCUT2D eigenvalue weighted by molar-refractivity contribution is 5.73. The lowest BCUT2D eigenvalue weighted by molar-refractivity contribution is 0.241. The maximum absolute atomic E-state index is 11.4. The number of hydrogen-bond donors (Lipinski definition) is 2. The first-order valence-electron chi connectivity index (χ1n) is 6.85. The summed E-state index contributed by atoms with van der Waals surface area (Å²) in [6.45, 7) is 5.70. The van der Waals surface area contributed by atoms with Crippen LogP contribution in [0.1, 0.15) is 37.8 Å². The van der Waals surface area contributed by atoms with Crippen molar-refractivity contribution in [2.24, 2.45) is 0 Å². The van der Waals surface area contributed by atoms with E-state index in [0.717, 1.165) is 32.2 Å². The summed E-state index contributed by atoms with van der Waals surface area (Å²) in [5.41, 5.74) is 2.62. The summed E-state index contributed by atoms with van der Waals surface area (Å²) in [6, 6.07) is 8.51. The number of unbranched alkanes of at least 4 members (excludes halogenated alkanes) is 1. The van der Waals surface area contributed by atoms with Gasteiger partial charge in [-0.25, -0.2) is 4.79 Å². The maximum Gasteiger partial charge on any atom is 0.314 e. The molecule has 1 aromatic rings. The van der Waals surface area contributed by atoms with E-state index in [1.54, 1.807) is 0 Å². The second-order valence-corrected chi connectivity index (χ2v) is 4.46. The van der Waals surface area contributed by atoms with Crippen LogP contribution in [0.3, 0.4) is 0 Å². The summed E-state index contributed by atoms with van der Waals surface area (Å²) in [6.07, 6.45) is 4.08. The molecule has 0 aliphatic heterocycles. The first kappa shape index (κ1) is 14.6. The van der Waals surface area contributed by atoms with E-state index in [4.69, 9.17) is 0 Å². The molecular weight excluding hydrogens is 224 g/mol. The summed E-state index contributed by atoms with van der Waals surface area (Å²) in [5.74, 6) is 0. The van der Waals surface area contributed by atoms with Gasteiger partial charge in [0.2, 0.25) is 0 Å². The topological polar surface area (TPSA) is 41.1 Å². The third kappa shape index (κ3) is 5.71. The Balaban J connectivity index is 2.18. The van der Waals surface area contributed by atoms with Gasteiger partial charge in [0.25, 0.3) is 0 Å². The zero-order valence-electron chi connectivity index (χ0n) is 11.5. The van der Waals surface area contributed by atoms with Gasteiger partial charge in [-0.05, 0) is 30.4 Å². The van der Waals surface area contributed by atoms with Crippen LogP contribution in [0.15, 0.2) is 24.3 Å². The lowest BCUT2D eigenvalue weighted by Crippen LogP contribution is -2.37. The molecule has 0 saturated heterocycles. The van der Waals surface area contributed by atoms with Crippen molar-refractivity contribution in [1.29, 1.82) is 0 Å². The lowest BCUT2D eigenvalue weighted by Gasteiger charge is -2.07. The SMILES string of the molecule is CCCCNC(=O)NCCc1ccc(CC)cc1. The fourth-order valence-corrected chi connectivity index (χ4v) is 1.70. The Morgan fingerprint density at radius 3 is 2.22 bits per heavy atom. The van der Waals surface area contributed by atoms with Gasteiger partial charge in [0.05, 0.1) is 0 Å². The summed E-state index contributed by atoms with van der Waals surface area (Å²) in [4.78, 5) is 11.4. The van der Waals surface area contributed by atoms with Crippen LogP contribution in [0.5, 0.6) is 0 Å². The minimum Gasteiger partial charge on any atom is -0.338 e. The third-order valence-corrected chi connectivity index (χ3v) is 2.95. The molecule has 0 radical (unpaired) electrons. The smallest absolute Gasteiger partial charge is 0.314 e. The van der Waals surface area contributed by atoms with E-state index in [1.807, 2.05) is 0 Å². The predicted molar refractivity (Wildman–Crippen MR) is 75.8 cm³/mol. The Morgan fingerprint density at radius 1 is 1.00 bits per heavy atom. The van der Waals surface area contributed by atoms with Crippen molar-refractivity contribution >= 4 is 6.03 Å². The number of amides is 2. The molecular formula is C15H24N2O. The van der Waals surface area contributed by atoms with Crippen LogP contribution in [0.25, 0.3) is 0 Å². The molecule has 0 saturated carbocycles. The number of rotatable bonds is 7. The molecule has 3 nitrogen and oxygen atoms in total. The molecule has 1 rings (SSSR count). The standard InChI is InChI=1S/C15H24N2O/c1-3-5-11-16-15(18)17-12-10-14-8-6-13(4-2)7-9-14/h6-9H,3-5,10-12H2,1-2H3,(H2,16,17,18). The maximum atomic E-state index is 11.4. The summed E-state index contributed by atoms with van der Waals surface area (Å²) >= 11 is 0. The van der Waals surface area contributed by atoms with Crippen molar-refractivity contribution in [2.45, 2.75) is 39.5 Å². The average molecular weight is 248 g/mol. The molecule has 2 amide bonds. The molecule has 0 aliphatic rings. The fourth-order valence-electron chi connectivity index (χ4n) is 1.70. The Bertz CT molecular complexity index is 346. The first-order valence-corrected chi connectivity index (χ1v) is 6.85. The number of urea groups is 1. The Kier molecular flexibility index (Phi) is 6.92. The molecule has 0 bridgehead atoms. The van der Waals surface area contributed by atoms with E-state index in [0.29, 0.717) is 6.54 Å². The largest absolute Gasteiger partial charge is 0.338 e. The number of carbonyl (C=O) groups excluding carboxylic acids is 1. The van der Waals surface area contributed by atoms with Crippen LogP contribution in [-0.2, 0) is 12.8 Å². The number of hydrogen-bond acceptors (Lipinski definition) is 1. The van der Waals surface area contributed by atoms with Crippen LogP contribution in [-0.4, -0.2) is 19.1 Å². The number of aryl methyl sites for hydroxylation is 1. The molecule has 3 heteroatoms. The van der Waals surface area contributed by atoms with E-state index in [9.17, 15) is 4.79 Å². The minimum atomic E-state index is -0.0615. The predicted octanol–water partition coefficient (Wildman–Crippen LogP) is 2.89. The molecule has 1 aromatic carbocycles. The minimum absolute atomic E-state index is 0.0615. The zero-order chi connectivity index (χ0) is 13.2. The number of carbonyl (C=O) groups is 1. The zero-order valence-corrected chi connectivity index (χ0v) is 11.5. The Hall–Kier alpha value is -1.51. The van der Waals surface area contributed by atoms with Gasteiger partial charge in [-0.15, -0.1) is 0 Å². The second-order valence-electron chi connectivity index (χ2n) is 4.46. The molecule has 18 heavy (non-hydrogen) atoms. The van der Waals surface area contributed by atoms with Gasteiger partial charge in [0.15, 0.2) is 0 Å². The molecule has 0 unspecified atom stereocenters. The molecule has 0 aliphatic carbocycles. The van der Waals surface area contributed by atoms with Crippen LogP contribution in [0, 0.1) is 0 Å². The lowest BCUT2D eigenvalue weighted by atomic mass is 10.1. The van der Waals surface area contributed by atoms with Crippen molar-refractivity contribution < 1.29 is 4.79 Å². The van der Waals surface area contributed by atoms with Gasteiger partial charge in [0, 0.05) is 13.1 Å². The average Bonchev–Trinajstić information content (AvgIpc) is 2.40. The van der Waals surface area contributed by atoms with Gasteiger partial charge >= 0.3 is 6.03 Å². The highest BCUT2D eigenvalue weighted by Gasteiger charge is 1.99. The molecule has 0 spiro atoms. The molecule has 2 N–H and O–H groups in total. The highest BCUT2D eigenvalue weighted by atomic mass is 16.2. The van der Waals surface area contributed by atoms with Crippen molar-refractivity contribution in [2.75, 3.05) is 13.1 Å². The fraction of sp³-hybridized carbons (Fsp3) is 0.533. The van der Waals surface area contributed by atoms with Gasteiger partial charge in [0.1, 0.15) is 0 Å². The molecule has 0 atom stereocenters. The van der Waals surface area contributed by atoms with Crippen LogP contribution in [0.4, 0.5) is 4.79 Å². The summed E-state index contributed by atoms with van der Waals surface area (Å²) in [7, 11) is 0. The van der Waals surface area contributed by atoms with E-state index < -0.39 is 0 Å². The van der Waals surface area contributed by atoms with E-state index >= 15 is 0 Å². The van der Waals surface area contributed by atoms with E-state index in [2.05, 4.69) is 48.7 Å². The quantitative estimate of drug-likeness (QED) is 0.716. The number of nitrogens with one attached hydrogen (secondary N) is 2. The normalized spacial score (nSPS) is 10.1. The van der Waals surface area contributed by atoms with Crippen molar-refractivity contribution in [1.82, 2.24) is 10.6 Å². The molecule has 0 aromatic heterocycles. The molecule has 100 valence electrons. The first-order chi connectivity index (χ1) is 8.76. The third-order valence-electron chi connectivity index (χ3n) is 2.95. The van der Waals surface area contributed by atoms with Gasteiger partial charge < -0.3 is 10.6 Å². The van der Waals surface area contributed by atoms with Gasteiger partial charge in [-0.1, -0.05) is 44.5 Å². The number of benzene rings is 1. The van der Waals surface area contributed by atoms with E-state index in [-0.39, 0.29) is 6.03 Å². The van der Waals surface area contributed by atoms with E-state index in [1.165, 1.54) is 11.1 Å². The monoisotopic (exact) mass is 248 g/mol. The van der Waals surface area contributed by atoms with Crippen molar-refractivity contribution in [3.05, 3.63) is 35.4 Å². The molecule has 0 heterocycles. The van der Waals surface area contributed by atoms with Crippen LogP contribution < -0.4 is 10.6 Å². The Morgan fingerprint density at radius 2 is 1.61 bits per heavy atom. The Labute approximate surface area is 110 Å². The van der Waals surface area contributed by atoms with Crippen LogP contribution in [0.2, 0.25) is 0 Å². The van der Waals surface area contributed by atoms with Crippen LogP contribution >= 0.6 is 0 Å². The second kappa shape index (κ2) is 8.56. The summed E-state index contributed by atoms with van der Waals surface area (Å²) in [5, 5.41) is 5.71. The van der Waals surface area contributed by atoms with Crippen molar-refractivity contribution in [3.8, 4) is 0 Å². The van der Waals surface area contributed by atoms with Gasteiger partial charge in [-0.3, -0.25) is 0 Å². The highest BCUT2D eigenvalue weighted by Crippen LogP contribution is 2.05. The van der Waals surface area contributed by atoms with Crippen molar-refractivity contribution in [3.63, 3.8) is 0 Å². The molecule has 0 fully saturated rings. The summed E-state index contributed by atoms with van der Waals surface area (Å²) < 4.78 is 0. The van der Waals surface area contributed by atoms with Gasteiger partial charge in [-0.2, -0.15) is 0 Å².